The Hall–Kier alpha value is -4.11. The van der Waals surface area contributed by atoms with E-state index in [-0.39, 0.29) is 23.9 Å². The lowest BCUT2D eigenvalue weighted by Gasteiger charge is -2.56. The Morgan fingerprint density at radius 2 is 2.03 bits per heavy atom. The summed E-state index contributed by atoms with van der Waals surface area (Å²) >= 11 is 0. The quantitative estimate of drug-likeness (QED) is 0.505. The molecule has 0 radical (unpaired) electrons. The van der Waals surface area contributed by atoms with Crippen molar-refractivity contribution in [3.8, 4) is 29.2 Å². The highest BCUT2D eigenvalue weighted by Gasteiger charge is 2.44. The van der Waals surface area contributed by atoms with E-state index in [1.165, 1.54) is 0 Å². The zero-order valence-electron chi connectivity index (χ0n) is 19.0. The number of hydrogen-bond acceptors (Lipinski definition) is 10. The van der Waals surface area contributed by atoms with E-state index in [4.69, 9.17) is 9.47 Å². The number of nitriles is 1. The molecule has 1 N–H and O–H groups in total. The Kier molecular flexibility index (Phi) is 6.24. The molecular formula is C23H23FN8O3. The lowest BCUT2D eigenvalue weighted by molar-refractivity contribution is -0.00979. The third kappa shape index (κ3) is 4.50. The number of halogens is 1. The lowest BCUT2D eigenvalue weighted by Crippen LogP contribution is -2.68. The number of fused-ring (bicyclic) bond motifs is 2. The number of piperazine rings is 1. The number of aromatic amines is 1. The van der Waals surface area contributed by atoms with Gasteiger partial charge in [0.05, 0.1) is 25.2 Å². The predicted molar refractivity (Wildman–Crippen MR) is 123 cm³/mol. The Morgan fingerprint density at radius 3 is 2.66 bits per heavy atom. The molecular weight excluding hydrogens is 455 g/mol. The van der Waals surface area contributed by atoms with E-state index in [1.54, 1.807) is 31.8 Å². The minimum atomic E-state index is -0.724. The Labute approximate surface area is 200 Å². The summed E-state index contributed by atoms with van der Waals surface area (Å²) in [6, 6.07) is 6.15. The van der Waals surface area contributed by atoms with Crippen LogP contribution >= 0.6 is 0 Å². The molecule has 3 aliphatic heterocycles. The van der Waals surface area contributed by atoms with Crippen molar-refractivity contribution < 1.29 is 13.9 Å². The summed E-state index contributed by atoms with van der Waals surface area (Å²) in [7, 11) is 1.57. The maximum atomic E-state index is 12.4. The normalized spacial score (nSPS) is 19.1. The van der Waals surface area contributed by atoms with Crippen molar-refractivity contribution in [3.63, 3.8) is 0 Å². The second-order valence-corrected chi connectivity index (χ2v) is 8.32. The van der Waals surface area contributed by atoms with E-state index in [9.17, 15) is 14.4 Å². The van der Waals surface area contributed by atoms with Crippen LogP contribution in [0.5, 0.6) is 11.9 Å². The van der Waals surface area contributed by atoms with Crippen molar-refractivity contribution in [1.82, 2.24) is 29.8 Å². The van der Waals surface area contributed by atoms with Crippen LogP contribution in [0.1, 0.15) is 17.7 Å². The van der Waals surface area contributed by atoms with Crippen LogP contribution in [0.2, 0.25) is 0 Å². The van der Waals surface area contributed by atoms with Crippen molar-refractivity contribution >= 4 is 5.82 Å². The van der Waals surface area contributed by atoms with Gasteiger partial charge in [0, 0.05) is 43.5 Å². The van der Waals surface area contributed by atoms with Gasteiger partial charge in [0.2, 0.25) is 5.88 Å². The van der Waals surface area contributed by atoms with Gasteiger partial charge < -0.3 is 14.4 Å². The van der Waals surface area contributed by atoms with Crippen molar-refractivity contribution in [2.75, 3.05) is 38.4 Å². The van der Waals surface area contributed by atoms with E-state index >= 15 is 0 Å². The van der Waals surface area contributed by atoms with Crippen LogP contribution in [0.15, 0.2) is 35.5 Å². The van der Waals surface area contributed by atoms with Gasteiger partial charge in [-0.05, 0) is 18.6 Å². The first-order valence-electron chi connectivity index (χ1n) is 11.1. The highest BCUT2D eigenvalue weighted by atomic mass is 19.1. The van der Waals surface area contributed by atoms with Gasteiger partial charge in [0.15, 0.2) is 0 Å². The zero-order valence-corrected chi connectivity index (χ0v) is 19.0. The average molecular weight is 478 g/mol. The number of rotatable bonds is 8. The molecule has 3 aromatic heterocycles. The molecule has 0 aliphatic carbocycles. The van der Waals surface area contributed by atoms with Gasteiger partial charge in [-0.25, -0.2) is 14.4 Å². The van der Waals surface area contributed by atoms with Crippen molar-refractivity contribution in [1.29, 1.82) is 5.26 Å². The van der Waals surface area contributed by atoms with E-state index in [2.05, 4.69) is 34.7 Å². The van der Waals surface area contributed by atoms with Crippen LogP contribution < -0.4 is 19.9 Å². The fourth-order valence-corrected chi connectivity index (χ4v) is 4.53. The molecule has 3 saturated heterocycles. The van der Waals surface area contributed by atoms with Gasteiger partial charge in [-0.15, -0.1) is 0 Å². The smallest absolute Gasteiger partial charge is 0.297 e. The number of H-pyrrole nitrogens is 1. The van der Waals surface area contributed by atoms with Gasteiger partial charge in [0.25, 0.3) is 11.6 Å². The first-order valence-corrected chi connectivity index (χ1v) is 11.1. The molecule has 12 heteroatoms. The molecule has 2 atom stereocenters. The first-order chi connectivity index (χ1) is 17.1. The van der Waals surface area contributed by atoms with Crippen LogP contribution in [-0.4, -0.2) is 75.4 Å². The molecule has 0 amide bonds. The molecule has 6 rings (SSSR count). The number of nitrogens with one attached hydrogen (secondary N) is 1. The molecule has 2 bridgehead atoms. The summed E-state index contributed by atoms with van der Waals surface area (Å²) in [5.41, 5.74) is 0.766. The van der Waals surface area contributed by atoms with Crippen molar-refractivity contribution in [3.05, 3.63) is 52.3 Å². The summed E-state index contributed by atoms with van der Waals surface area (Å²) in [4.78, 5) is 36.7. The molecule has 2 unspecified atom stereocenters. The lowest BCUT2D eigenvalue weighted by atomic mass is 9.87. The molecule has 3 aliphatic rings. The average Bonchev–Trinajstić information content (AvgIpc) is 2.90. The number of alkyl halides is 1. The molecule has 0 aromatic carbocycles. The van der Waals surface area contributed by atoms with E-state index in [1.807, 2.05) is 12.1 Å². The molecule has 3 fully saturated rings. The standard InChI is InChI=1S/C23H23FN8O3/c1-34-20-10-26-15(9-28-20)11-32-16-6-17(32)13-31(12-16)19-3-2-14(8-27-19)21-18(7-25)22(33)30-23(29-21)35-5-4-24/h2-3,8-10,16-17H,4-6,11-13H2,1H3,(H,29,30,33). The highest BCUT2D eigenvalue weighted by molar-refractivity contribution is 5.66. The number of pyridine rings is 1. The van der Waals surface area contributed by atoms with E-state index < -0.39 is 12.2 Å². The maximum absolute atomic E-state index is 12.4. The molecule has 11 nitrogen and oxygen atoms in total. The van der Waals surface area contributed by atoms with Crippen LogP contribution in [0.3, 0.4) is 0 Å². The second kappa shape index (κ2) is 9.63. The van der Waals surface area contributed by atoms with Gasteiger partial charge >= 0.3 is 0 Å². The highest BCUT2D eigenvalue weighted by Crippen LogP contribution is 2.35. The minimum Gasteiger partial charge on any atom is -0.480 e. The topological polar surface area (TPSA) is 133 Å². The summed E-state index contributed by atoms with van der Waals surface area (Å²) in [6.07, 6.45) is 6.09. The first kappa shape index (κ1) is 22.7. The number of anilines is 1. The van der Waals surface area contributed by atoms with E-state index in [0.29, 0.717) is 23.5 Å². The summed E-state index contributed by atoms with van der Waals surface area (Å²) in [5, 5.41) is 9.42. The summed E-state index contributed by atoms with van der Waals surface area (Å²) in [6.45, 7) is 1.44. The van der Waals surface area contributed by atoms with Crippen LogP contribution in [0.25, 0.3) is 11.3 Å². The third-order valence-corrected chi connectivity index (χ3v) is 6.25. The van der Waals surface area contributed by atoms with Gasteiger partial charge in [-0.2, -0.15) is 10.2 Å². The number of ether oxygens (including phenoxy) is 2. The largest absolute Gasteiger partial charge is 0.480 e. The van der Waals surface area contributed by atoms with Crippen LogP contribution in [0.4, 0.5) is 10.2 Å². The number of piperidine rings is 1. The number of hydrogen-bond donors (Lipinski definition) is 1. The summed E-state index contributed by atoms with van der Waals surface area (Å²) in [5.74, 6) is 1.31. The monoisotopic (exact) mass is 478 g/mol. The second-order valence-electron chi connectivity index (χ2n) is 8.32. The summed E-state index contributed by atoms with van der Waals surface area (Å²) < 4.78 is 22.6. The SMILES string of the molecule is COc1cnc(CN2C3CC2CN(c2ccc(-c4nc(OCCF)[nH]c(=O)c4C#N)cn2)C3)cn1. The number of nitrogens with zero attached hydrogens (tertiary/aromatic N) is 7. The Morgan fingerprint density at radius 1 is 1.20 bits per heavy atom. The minimum absolute atomic E-state index is 0.136. The number of methoxy groups -OCH3 is 1. The molecule has 180 valence electrons. The van der Waals surface area contributed by atoms with E-state index in [0.717, 1.165) is 37.6 Å². The molecule has 35 heavy (non-hydrogen) atoms. The van der Waals surface area contributed by atoms with Crippen molar-refractivity contribution in [2.24, 2.45) is 0 Å². The third-order valence-electron chi connectivity index (χ3n) is 6.25. The molecule has 0 spiro atoms. The maximum Gasteiger partial charge on any atom is 0.297 e. The molecule has 3 aromatic rings. The van der Waals surface area contributed by atoms with Crippen LogP contribution in [-0.2, 0) is 6.54 Å². The van der Waals surface area contributed by atoms with Gasteiger partial charge in [-0.3, -0.25) is 19.7 Å². The van der Waals surface area contributed by atoms with Crippen molar-refractivity contribution in [2.45, 2.75) is 25.0 Å². The van der Waals surface area contributed by atoms with Gasteiger partial charge in [-0.1, -0.05) is 0 Å². The van der Waals surface area contributed by atoms with Gasteiger partial charge in [0.1, 0.15) is 36.4 Å². The predicted octanol–water partition coefficient (Wildman–Crippen LogP) is 1.31. The fourth-order valence-electron chi connectivity index (χ4n) is 4.53. The molecule has 0 saturated carbocycles. The zero-order chi connectivity index (χ0) is 24.4. The Bertz CT molecular complexity index is 1280. The molecule has 6 heterocycles. The fraction of sp³-hybridized carbons (Fsp3) is 0.391. The Balaban J connectivity index is 1.28. The van der Waals surface area contributed by atoms with Crippen LogP contribution in [0, 0.1) is 11.3 Å². The number of aromatic nitrogens is 5.